The summed E-state index contributed by atoms with van der Waals surface area (Å²) in [5.41, 5.74) is 1.36. The van der Waals surface area contributed by atoms with Crippen LogP contribution in [0.1, 0.15) is 19.4 Å². The highest BCUT2D eigenvalue weighted by atomic mass is 16.4. The van der Waals surface area contributed by atoms with Crippen LogP contribution in [0.5, 0.6) is 0 Å². The van der Waals surface area contributed by atoms with Gasteiger partial charge in [0.15, 0.2) is 0 Å². The lowest BCUT2D eigenvalue weighted by Gasteiger charge is -2.39. The van der Waals surface area contributed by atoms with Gasteiger partial charge in [0.05, 0.1) is 0 Å². The molecular weight excluding hydrogens is 252 g/mol. The Morgan fingerprint density at radius 2 is 1.65 bits per heavy atom. The summed E-state index contributed by atoms with van der Waals surface area (Å²) in [7, 11) is 0. The summed E-state index contributed by atoms with van der Waals surface area (Å²) in [5.74, 6) is -0.726. The van der Waals surface area contributed by atoms with E-state index in [1.54, 1.807) is 6.92 Å². The first-order valence-corrected chi connectivity index (χ1v) is 7.32. The lowest BCUT2D eigenvalue weighted by molar-refractivity contribution is -0.143. The van der Waals surface area contributed by atoms with Gasteiger partial charge in [0.1, 0.15) is 6.04 Å². The van der Waals surface area contributed by atoms with Gasteiger partial charge in [-0.2, -0.15) is 0 Å². The number of rotatable bonds is 5. The van der Waals surface area contributed by atoms with E-state index in [4.69, 9.17) is 5.11 Å². The SMILES string of the molecule is CC(Cc1ccccc1)N1CCN(C(C)C(=O)O)CC1. The van der Waals surface area contributed by atoms with Gasteiger partial charge in [0.2, 0.25) is 0 Å². The number of carbonyl (C=O) groups is 1. The number of piperazine rings is 1. The first kappa shape index (κ1) is 15.0. The van der Waals surface area contributed by atoms with Gasteiger partial charge >= 0.3 is 5.97 Å². The summed E-state index contributed by atoms with van der Waals surface area (Å²) in [6.07, 6.45) is 1.05. The van der Waals surface area contributed by atoms with Crippen molar-refractivity contribution in [3.63, 3.8) is 0 Å². The first-order chi connectivity index (χ1) is 9.58. The molecule has 0 amide bonds. The molecule has 4 nitrogen and oxygen atoms in total. The van der Waals surface area contributed by atoms with Gasteiger partial charge in [0, 0.05) is 32.2 Å². The molecule has 0 spiro atoms. The molecule has 2 rings (SSSR count). The maximum Gasteiger partial charge on any atom is 0.320 e. The second-order valence-corrected chi connectivity index (χ2v) is 5.62. The van der Waals surface area contributed by atoms with Crippen LogP contribution in [0.25, 0.3) is 0 Å². The number of nitrogens with zero attached hydrogens (tertiary/aromatic N) is 2. The lowest BCUT2D eigenvalue weighted by atomic mass is 10.1. The Bertz CT molecular complexity index is 427. The number of hydrogen-bond donors (Lipinski definition) is 1. The molecule has 4 heteroatoms. The van der Waals surface area contributed by atoms with Gasteiger partial charge < -0.3 is 5.11 Å². The fourth-order valence-corrected chi connectivity index (χ4v) is 2.81. The Morgan fingerprint density at radius 1 is 1.10 bits per heavy atom. The van der Waals surface area contributed by atoms with Gasteiger partial charge in [-0.15, -0.1) is 0 Å². The van der Waals surface area contributed by atoms with Crippen molar-refractivity contribution in [3.05, 3.63) is 35.9 Å². The molecule has 2 atom stereocenters. The molecule has 0 aromatic heterocycles. The number of carboxylic acids is 1. The standard InChI is InChI=1S/C16H24N2O2/c1-13(12-15-6-4-3-5-7-15)17-8-10-18(11-9-17)14(2)16(19)20/h3-7,13-14H,8-12H2,1-2H3,(H,19,20). The molecule has 0 aliphatic carbocycles. The predicted molar refractivity (Wildman–Crippen MR) is 79.9 cm³/mol. The average molecular weight is 276 g/mol. The first-order valence-electron chi connectivity index (χ1n) is 7.32. The normalized spacial score (nSPS) is 20.5. The van der Waals surface area contributed by atoms with Crippen molar-refractivity contribution in [1.82, 2.24) is 9.80 Å². The van der Waals surface area contributed by atoms with Gasteiger partial charge in [-0.05, 0) is 25.8 Å². The molecule has 1 saturated heterocycles. The number of hydrogen-bond acceptors (Lipinski definition) is 3. The van der Waals surface area contributed by atoms with E-state index in [2.05, 4.69) is 36.1 Å². The number of benzene rings is 1. The average Bonchev–Trinajstić information content (AvgIpc) is 2.47. The summed E-state index contributed by atoms with van der Waals surface area (Å²) in [4.78, 5) is 15.5. The summed E-state index contributed by atoms with van der Waals surface area (Å²) in [5, 5.41) is 9.05. The van der Waals surface area contributed by atoms with E-state index in [1.807, 2.05) is 11.0 Å². The van der Waals surface area contributed by atoms with Crippen LogP contribution in [-0.4, -0.2) is 59.1 Å². The molecule has 20 heavy (non-hydrogen) atoms. The highest BCUT2D eigenvalue weighted by molar-refractivity contribution is 5.72. The lowest BCUT2D eigenvalue weighted by Crippen LogP contribution is -2.54. The zero-order valence-electron chi connectivity index (χ0n) is 12.3. The number of aliphatic carboxylic acids is 1. The van der Waals surface area contributed by atoms with Crippen molar-refractivity contribution in [3.8, 4) is 0 Å². The largest absolute Gasteiger partial charge is 0.480 e. The van der Waals surface area contributed by atoms with Crippen LogP contribution in [0.2, 0.25) is 0 Å². The van der Waals surface area contributed by atoms with E-state index in [9.17, 15) is 4.79 Å². The fourth-order valence-electron chi connectivity index (χ4n) is 2.81. The van der Waals surface area contributed by atoms with Gasteiger partial charge in [0.25, 0.3) is 0 Å². The molecule has 1 N–H and O–H groups in total. The van der Waals surface area contributed by atoms with Crippen LogP contribution in [-0.2, 0) is 11.2 Å². The predicted octanol–water partition coefficient (Wildman–Crippen LogP) is 1.71. The molecule has 2 unspecified atom stereocenters. The highest BCUT2D eigenvalue weighted by Crippen LogP contribution is 2.13. The maximum atomic E-state index is 11.0. The van der Waals surface area contributed by atoms with Crippen molar-refractivity contribution >= 4 is 5.97 Å². The third kappa shape index (κ3) is 3.81. The number of carboxylic acid groups (broad SMARTS) is 1. The Hall–Kier alpha value is -1.39. The van der Waals surface area contributed by atoms with E-state index in [-0.39, 0.29) is 6.04 Å². The minimum atomic E-state index is -0.726. The molecule has 1 fully saturated rings. The Kier molecular flexibility index (Phi) is 5.15. The van der Waals surface area contributed by atoms with E-state index in [0.29, 0.717) is 6.04 Å². The van der Waals surface area contributed by atoms with Crippen LogP contribution >= 0.6 is 0 Å². The molecule has 1 aromatic carbocycles. The summed E-state index contributed by atoms with van der Waals surface area (Å²) < 4.78 is 0. The zero-order valence-corrected chi connectivity index (χ0v) is 12.3. The molecule has 110 valence electrons. The second kappa shape index (κ2) is 6.86. The van der Waals surface area contributed by atoms with Crippen LogP contribution in [0, 0.1) is 0 Å². The van der Waals surface area contributed by atoms with Crippen LogP contribution < -0.4 is 0 Å². The Balaban J connectivity index is 1.83. The minimum Gasteiger partial charge on any atom is -0.480 e. The van der Waals surface area contributed by atoms with Gasteiger partial charge in [-0.1, -0.05) is 30.3 Å². The molecule has 0 bridgehead atoms. The van der Waals surface area contributed by atoms with Crippen molar-refractivity contribution < 1.29 is 9.90 Å². The van der Waals surface area contributed by atoms with Crippen LogP contribution in [0.3, 0.4) is 0 Å². The fraction of sp³-hybridized carbons (Fsp3) is 0.562. The monoisotopic (exact) mass is 276 g/mol. The quantitative estimate of drug-likeness (QED) is 0.889. The molecule has 0 saturated carbocycles. The van der Waals surface area contributed by atoms with E-state index >= 15 is 0 Å². The van der Waals surface area contributed by atoms with E-state index in [1.165, 1.54) is 5.56 Å². The summed E-state index contributed by atoms with van der Waals surface area (Å²) in [6.45, 7) is 7.60. The van der Waals surface area contributed by atoms with Crippen LogP contribution in [0.15, 0.2) is 30.3 Å². The molecule has 1 aliphatic heterocycles. The van der Waals surface area contributed by atoms with Gasteiger partial charge in [-0.25, -0.2) is 0 Å². The highest BCUT2D eigenvalue weighted by Gasteiger charge is 2.26. The van der Waals surface area contributed by atoms with Crippen molar-refractivity contribution in [2.75, 3.05) is 26.2 Å². The van der Waals surface area contributed by atoms with Crippen LogP contribution in [0.4, 0.5) is 0 Å². The minimum absolute atomic E-state index is 0.374. The molecular formula is C16H24N2O2. The zero-order chi connectivity index (χ0) is 14.5. The second-order valence-electron chi connectivity index (χ2n) is 5.62. The maximum absolute atomic E-state index is 11.0. The summed E-state index contributed by atoms with van der Waals surface area (Å²) in [6, 6.07) is 10.7. The van der Waals surface area contributed by atoms with Crippen molar-refractivity contribution in [2.24, 2.45) is 0 Å². The molecule has 1 aliphatic rings. The smallest absolute Gasteiger partial charge is 0.320 e. The Morgan fingerprint density at radius 3 is 2.20 bits per heavy atom. The molecule has 1 heterocycles. The third-order valence-electron chi connectivity index (χ3n) is 4.25. The van der Waals surface area contributed by atoms with E-state index in [0.717, 1.165) is 32.6 Å². The Labute approximate surface area is 121 Å². The van der Waals surface area contributed by atoms with Crippen molar-refractivity contribution in [2.45, 2.75) is 32.4 Å². The molecule has 1 aromatic rings. The van der Waals surface area contributed by atoms with Crippen molar-refractivity contribution in [1.29, 1.82) is 0 Å². The van der Waals surface area contributed by atoms with E-state index < -0.39 is 5.97 Å². The molecule has 0 radical (unpaired) electrons. The third-order valence-corrected chi connectivity index (χ3v) is 4.25. The topological polar surface area (TPSA) is 43.8 Å². The van der Waals surface area contributed by atoms with Gasteiger partial charge in [-0.3, -0.25) is 14.6 Å². The summed E-state index contributed by atoms with van der Waals surface area (Å²) >= 11 is 0.